The Morgan fingerprint density at radius 1 is 1.53 bits per heavy atom. The van der Waals surface area contributed by atoms with E-state index in [0.29, 0.717) is 11.7 Å². The van der Waals surface area contributed by atoms with E-state index >= 15 is 0 Å². The number of nitrogens with one attached hydrogen (secondary N) is 2. The predicted octanol–water partition coefficient (Wildman–Crippen LogP) is 0.348. The average molecular weight is 268 g/mol. The van der Waals surface area contributed by atoms with E-state index < -0.39 is 5.54 Å². The summed E-state index contributed by atoms with van der Waals surface area (Å²) < 4.78 is 0.894. The van der Waals surface area contributed by atoms with Gasteiger partial charge in [-0.15, -0.1) is 0 Å². The molecule has 0 spiro atoms. The molecule has 7 heteroatoms. The second-order valence-corrected chi connectivity index (χ2v) is 5.25. The molecule has 4 N–H and O–H groups in total. The van der Waals surface area contributed by atoms with Crippen LogP contribution in [-0.2, 0) is 0 Å². The van der Waals surface area contributed by atoms with Gasteiger partial charge in [0.15, 0.2) is 0 Å². The van der Waals surface area contributed by atoms with Crippen molar-refractivity contribution in [3.63, 3.8) is 0 Å². The summed E-state index contributed by atoms with van der Waals surface area (Å²) in [5.74, 6) is 1.28. The smallest absolute Gasteiger partial charge is 0.266 e. The molecule has 0 radical (unpaired) electrons. The van der Waals surface area contributed by atoms with Gasteiger partial charge in [-0.25, -0.2) is 4.98 Å². The number of hydrazone groups is 1. The topological polar surface area (TPSA) is 93.7 Å². The standard InChI is InChI=1S/C12H21N5O2/c1-9(2)11(14-12(3,4)8-18)16-15-10-7-17(19)6-5-13-10/h5-7,9,13,18-19H,8H2,1-4H3/p+1. The summed E-state index contributed by atoms with van der Waals surface area (Å²) in [6.45, 7) is 7.75. The summed E-state index contributed by atoms with van der Waals surface area (Å²) >= 11 is 0. The number of hydrogen-bond donors (Lipinski definition) is 4. The Balaban J connectivity index is 2.79. The number of aromatic nitrogens is 2. The van der Waals surface area contributed by atoms with Crippen LogP contribution < -0.4 is 15.5 Å². The van der Waals surface area contributed by atoms with E-state index in [0.717, 1.165) is 4.73 Å². The van der Waals surface area contributed by atoms with Crippen LogP contribution >= 0.6 is 0 Å². The van der Waals surface area contributed by atoms with Gasteiger partial charge in [0.25, 0.3) is 6.20 Å². The van der Waals surface area contributed by atoms with Crippen molar-refractivity contribution < 1.29 is 15.0 Å². The van der Waals surface area contributed by atoms with Crippen molar-refractivity contribution in [2.75, 3.05) is 12.0 Å². The molecule has 0 fully saturated rings. The minimum absolute atomic E-state index is 0.00102. The number of rotatable bonds is 5. The van der Waals surface area contributed by atoms with Gasteiger partial charge < -0.3 is 10.4 Å². The first-order valence-corrected chi connectivity index (χ1v) is 6.13. The Kier molecular flexibility index (Phi) is 5.05. The molecule has 0 bridgehead atoms. The molecule has 1 aromatic heterocycles. The van der Waals surface area contributed by atoms with Crippen LogP contribution in [0.1, 0.15) is 27.7 Å². The summed E-state index contributed by atoms with van der Waals surface area (Å²) in [5, 5.41) is 25.9. The SMILES string of the molecule is CC(C)/C(=N\Nc1c[n+](O)ccn1)NC(C)(C)CO. The summed E-state index contributed by atoms with van der Waals surface area (Å²) in [4.78, 5) is 4.01. The minimum atomic E-state index is -0.453. The van der Waals surface area contributed by atoms with E-state index in [9.17, 15) is 10.3 Å². The highest BCUT2D eigenvalue weighted by Gasteiger charge is 2.19. The maximum atomic E-state index is 9.26. The summed E-state index contributed by atoms with van der Waals surface area (Å²) in [7, 11) is 0. The first-order valence-electron chi connectivity index (χ1n) is 6.13. The Labute approximate surface area is 113 Å². The molecular formula is C12H22N5O2+. The monoisotopic (exact) mass is 268 g/mol. The lowest BCUT2D eigenvalue weighted by Crippen LogP contribution is -2.48. The molecule has 0 aliphatic carbocycles. The maximum Gasteiger partial charge on any atom is 0.266 e. The largest absolute Gasteiger partial charge is 0.394 e. The third kappa shape index (κ3) is 5.09. The lowest BCUT2D eigenvalue weighted by atomic mass is 10.1. The molecule has 0 aliphatic heterocycles. The fourth-order valence-corrected chi connectivity index (χ4v) is 1.25. The molecule has 0 unspecified atom stereocenters. The highest BCUT2D eigenvalue weighted by Crippen LogP contribution is 2.05. The molecule has 1 aromatic rings. The quantitative estimate of drug-likeness (QED) is 0.203. The highest BCUT2D eigenvalue weighted by atomic mass is 16.5. The van der Waals surface area contributed by atoms with Gasteiger partial charge in [0.1, 0.15) is 5.84 Å². The van der Waals surface area contributed by atoms with Crippen molar-refractivity contribution in [1.82, 2.24) is 10.3 Å². The fraction of sp³-hybridized carbons (Fsp3) is 0.583. The van der Waals surface area contributed by atoms with Crippen LogP contribution in [0, 0.1) is 5.92 Å². The first-order chi connectivity index (χ1) is 8.84. The molecule has 1 heterocycles. The summed E-state index contributed by atoms with van der Waals surface area (Å²) in [6.07, 6.45) is 4.27. The van der Waals surface area contributed by atoms with E-state index in [1.165, 1.54) is 18.6 Å². The molecular weight excluding hydrogens is 246 g/mol. The van der Waals surface area contributed by atoms with Crippen molar-refractivity contribution in [2.24, 2.45) is 11.0 Å². The van der Waals surface area contributed by atoms with Crippen LogP contribution in [0.5, 0.6) is 0 Å². The van der Waals surface area contributed by atoms with E-state index in [4.69, 9.17) is 0 Å². The van der Waals surface area contributed by atoms with Gasteiger partial charge in [0.05, 0.1) is 18.3 Å². The minimum Gasteiger partial charge on any atom is -0.394 e. The van der Waals surface area contributed by atoms with E-state index in [1.807, 2.05) is 27.7 Å². The van der Waals surface area contributed by atoms with Gasteiger partial charge in [-0.2, -0.15) is 5.10 Å². The number of aliphatic hydroxyl groups is 1. The number of nitrogens with zero attached hydrogens (tertiary/aromatic N) is 3. The molecule has 0 saturated carbocycles. The molecule has 1 rings (SSSR count). The average Bonchev–Trinajstić information content (AvgIpc) is 2.34. The Hall–Kier alpha value is -1.89. The number of anilines is 1. The van der Waals surface area contributed by atoms with Gasteiger partial charge >= 0.3 is 0 Å². The molecule has 0 amide bonds. The summed E-state index contributed by atoms with van der Waals surface area (Å²) in [5.41, 5.74) is 2.31. The second kappa shape index (κ2) is 6.33. The number of aliphatic hydroxyl groups excluding tert-OH is 1. The van der Waals surface area contributed by atoms with Crippen molar-refractivity contribution >= 4 is 11.7 Å². The zero-order valence-corrected chi connectivity index (χ0v) is 11.8. The Morgan fingerprint density at radius 3 is 2.74 bits per heavy atom. The van der Waals surface area contributed by atoms with Crippen LogP contribution in [0.2, 0.25) is 0 Å². The zero-order chi connectivity index (χ0) is 14.5. The maximum absolute atomic E-state index is 9.26. The molecule has 0 aliphatic rings. The van der Waals surface area contributed by atoms with Crippen LogP contribution in [0.25, 0.3) is 0 Å². The van der Waals surface area contributed by atoms with E-state index in [2.05, 4.69) is 20.8 Å². The molecule has 19 heavy (non-hydrogen) atoms. The van der Waals surface area contributed by atoms with E-state index in [-0.39, 0.29) is 12.5 Å². The van der Waals surface area contributed by atoms with Gasteiger partial charge in [-0.1, -0.05) is 13.8 Å². The molecule has 0 atom stereocenters. The number of amidine groups is 1. The molecule has 0 aromatic carbocycles. The second-order valence-electron chi connectivity index (χ2n) is 5.25. The van der Waals surface area contributed by atoms with Crippen molar-refractivity contribution in [1.29, 1.82) is 0 Å². The van der Waals surface area contributed by atoms with Gasteiger partial charge in [0.2, 0.25) is 12.0 Å². The molecule has 0 saturated heterocycles. The Morgan fingerprint density at radius 2 is 2.21 bits per heavy atom. The van der Waals surface area contributed by atoms with Crippen molar-refractivity contribution in [2.45, 2.75) is 33.2 Å². The summed E-state index contributed by atoms with van der Waals surface area (Å²) in [6, 6.07) is 0. The van der Waals surface area contributed by atoms with Crippen LogP contribution in [0.15, 0.2) is 23.7 Å². The Bertz CT molecular complexity index is 446. The van der Waals surface area contributed by atoms with E-state index in [1.54, 1.807) is 0 Å². The van der Waals surface area contributed by atoms with Crippen molar-refractivity contribution in [3.8, 4) is 0 Å². The molecule has 106 valence electrons. The first kappa shape index (κ1) is 15.2. The van der Waals surface area contributed by atoms with Crippen LogP contribution in [0.3, 0.4) is 0 Å². The van der Waals surface area contributed by atoms with Gasteiger partial charge in [0, 0.05) is 10.6 Å². The van der Waals surface area contributed by atoms with Crippen LogP contribution in [-0.4, -0.2) is 33.3 Å². The lowest BCUT2D eigenvalue weighted by Gasteiger charge is -2.27. The third-order valence-corrected chi connectivity index (χ3v) is 2.39. The predicted molar refractivity (Wildman–Crippen MR) is 71.8 cm³/mol. The third-order valence-electron chi connectivity index (χ3n) is 2.39. The fourth-order valence-electron chi connectivity index (χ4n) is 1.25. The van der Waals surface area contributed by atoms with Gasteiger partial charge in [-0.05, 0) is 13.8 Å². The van der Waals surface area contributed by atoms with Crippen molar-refractivity contribution in [3.05, 3.63) is 18.6 Å². The normalized spacial score (nSPS) is 12.6. The lowest BCUT2D eigenvalue weighted by molar-refractivity contribution is -0.904. The van der Waals surface area contributed by atoms with Crippen LogP contribution in [0.4, 0.5) is 5.82 Å². The van der Waals surface area contributed by atoms with Gasteiger partial charge in [-0.3, -0.25) is 10.6 Å². The zero-order valence-electron chi connectivity index (χ0n) is 11.8. The molecule has 7 nitrogen and oxygen atoms in total. The highest BCUT2D eigenvalue weighted by molar-refractivity contribution is 5.85. The number of hydrogen-bond acceptors (Lipinski definition) is 5.